The van der Waals surface area contributed by atoms with Crippen molar-refractivity contribution < 1.29 is 0 Å². The minimum Gasteiger partial charge on any atom is -0.316 e. The molecule has 0 spiro atoms. The van der Waals surface area contributed by atoms with Crippen LogP contribution in [0, 0.1) is 0 Å². The molecule has 1 aromatic carbocycles. The maximum absolute atomic E-state index is 11.4. The molecule has 0 bridgehead atoms. The third-order valence-electron chi connectivity index (χ3n) is 2.49. The van der Waals surface area contributed by atoms with Crippen molar-refractivity contribution in [2.24, 2.45) is 0 Å². The minimum absolute atomic E-state index is 0.230. The van der Waals surface area contributed by atoms with Gasteiger partial charge in [-0.15, -0.1) is 9.24 Å². The Morgan fingerprint density at radius 2 is 2.00 bits per heavy atom. The number of aromatic nitrogens is 2. The highest BCUT2D eigenvalue weighted by molar-refractivity contribution is 7.17. The summed E-state index contributed by atoms with van der Waals surface area (Å²) in [7, 11) is 2.62. The lowest BCUT2D eigenvalue weighted by Crippen LogP contribution is -2.29. The summed E-state index contributed by atoms with van der Waals surface area (Å²) in [6.45, 7) is 2.53. The highest BCUT2D eigenvalue weighted by Gasteiger charge is 2.07. The molecule has 2 atom stereocenters. The Hall–Kier alpha value is -1.16. The van der Waals surface area contributed by atoms with Crippen LogP contribution in [0.5, 0.6) is 0 Å². The van der Waals surface area contributed by atoms with E-state index in [4.69, 9.17) is 11.6 Å². The average molecular weight is 286 g/mol. The maximum atomic E-state index is 11.4. The standard InChI is InChI=1S/C11H13ClN3O2P/c1-5(18)13-4-6-2-7(12)3-8-9(6)15-11(17)10(16)14-8/h2-3,5,13H,4,18H2,1H3,(H,14,16)(H,15,17). The lowest BCUT2D eigenvalue weighted by molar-refractivity contribution is 0.689. The van der Waals surface area contributed by atoms with Gasteiger partial charge in [-0.05, 0) is 24.6 Å². The molecule has 0 aliphatic rings. The van der Waals surface area contributed by atoms with Crippen LogP contribution in [-0.4, -0.2) is 15.8 Å². The van der Waals surface area contributed by atoms with E-state index in [9.17, 15) is 9.59 Å². The van der Waals surface area contributed by atoms with Crippen molar-refractivity contribution in [1.82, 2.24) is 15.3 Å². The van der Waals surface area contributed by atoms with E-state index in [1.54, 1.807) is 12.1 Å². The normalized spacial score (nSPS) is 12.8. The first kappa shape index (κ1) is 13.3. The zero-order valence-corrected chi connectivity index (χ0v) is 11.6. The van der Waals surface area contributed by atoms with Crippen LogP contribution in [0.2, 0.25) is 5.02 Å². The van der Waals surface area contributed by atoms with Crippen molar-refractivity contribution in [2.45, 2.75) is 19.3 Å². The molecular formula is C11H13ClN3O2P. The summed E-state index contributed by atoms with van der Waals surface area (Å²) in [5, 5.41) is 3.72. The van der Waals surface area contributed by atoms with Crippen molar-refractivity contribution >= 4 is 31.9 Å². The molecule has 0 saturated carbocycles. The molecular weight excluding hydrogens is 273 g/mol. The summed E-state index contributed by atoms with van der Waals surface area (Å²) in [5.74, 6) is 0.230. The number of rotatable bonds is 3. The van der Waals surface area contributed by atoms with Gasteiger partial charge < -0.3 is 15.3 Å². The van der Waals surface area contributed by atoms with E-state index in [0.29, 0.717) is 22.6 Å². The number of benzene rings is 1. The molecule has 0 saturated heterocycles. The van der Waals surface area contributed by atoms with E-state index in [0.717, 1.165) is 5.56 Å². The van der Waals surface area contributed by atoms with E-state index in [1.807, 2.05) is 6.92 Å². The van der Waals surface area contributed by atoms with Crippen molar-refractivity contribution in [3.63, 3.8) is 0 Å². The van der Waals surface area contributed by atoms with Gasteiger partial charge in [0.25, 0.3) is 0 Å². The highest BCUT2D eigenvalue weighted by atomic mass is 35.5. The van der Waals surface area contributed by atoms with Crippen LogP contribution in [0.15, 0.2) is 21.7 Å². The van der Waals surface area contributed by atoms with E-state index >= 15 is 0 Å². The smallest absolute Gasteiger partial charge is 0.314 e. The predicted octanol–water partition coefficient (Wildman–Crippen LogP) is 1.18. The maximum Gasteiger partial charge on any atom is 0.314 e. The zero-order chi connectivity index (χ0) is 13.3. The SMILES string of the molecule is CC(P)NCc1cc(Cl)cc2[nH]c(=O)c(=O)[nH]c12. The number of hydrogen-bond donors (Lipinski definition) is 3. The second-order valence-electron chi connectivity index (χ2n) is 4.07. The molecule has 7 heteroatoms. The molecule has 0 aliphatic heterocycles. The molecule has 1 heterocycles. The molecule has 5 nitrogen and oxygen atoms in total. The van der Waals surface area contributed by atoms with E-state index in [2.05, 4.69) is 24.5 Å². The Morgan fingerprint density at radius 1 is 1.33 bits per heavy atom. The number of nitrogens with one attached hydrogen (secondary N) is 3. The lowest BCUT2D eigenvalue weighted by atomic mass is 10.1. The minimum atomic E-state index is -0.678. The third kappa shape index (κ3) is 2.80. The van der Waals surface area contributed by atoms with Crippen molar-refractivity contribution in [1.29, 1.82) is 0 Å². The van der Waals surface area contributed by atoms with Crippen molar-refractivity contribution in [2.75, 3.05) is 0 Å². The molecule has 2 unspecified atom stereocenters. The molecule has 2 aromatic rings. The fourth-order valence-electron chi connectivity index (χ4n) is 1.67. The highest BCUT2D eigenvalue weighted by Crippen LogP contribution is 2.19. The summed E-state index contributed by atoms with van der Waals surface area (Å²) in [6, 6.07) is 3.38. The van der Waals surface area contributed by atoms with E-state index in [1.165, 1.54) is 0 Å². The van der Waals surface area contributed by atoms with Gasteiger partial charge in [-0.25, -0.2) is 0 Å². The van der Waals surface area contributed by atoms with Gasteiger partial charge in [0.1, 0.15) is 0 Å². The summed E-state index contributed by atoms with van der Waals surface area (Å²) in [4.78, 5) is 27.7. The van der Waals surface area contributed by atoms with Crippen LogP contribution in [0.25, 0.3) is 11.0 Å². The first-order valence-electron chi connectivity index (χ1n) is 5.41. The van der Waals surface area contributed by atoms with Crippen molar-refractivity contribution in [3.8, 4) is 0 Å². The molecule has 0 amide bonds. The van der Waals surface area contributed by atoms with Crippen LogP contribution in [0.3, 0.4) is 0 Å². The number of hydrogen-bond acceptors (Lipinski definition) is 3. The molecule has 3 N–H and O–H groups in total. The average Bonchev–Trinajstić information content (AvgIpc) is 2.28. The second-order valence-corrected chi connectivity index (χ2v) is 5.50. The summed E-state index contributed by atoms with van der Waals surface area (Å²) in [5.41, 5.74) is 0.621. The Labute approximate surface area is 110 Å². The van der Waals surface area contributed by atoms with Gasteiger partial charge in [-0.1, -0.05) is 11.6 Å². The van der Waals surface area contributed by atoms with Crippen LogP contribution >= 0.6 is 20.8 Å². The fraction of sp³-hybridized carbons (Fsp3) is 0.273. The molecule has 0 radical (unpaired) electrons. The molecule has 96 valence electrons. The topological polar surface area (TPSA) is 77.8 Å². The first-order valence-corrected chi connectivity index (χ1v) is 6.45. The number of fused-ring (bicyclic) bond motifs is 1. The van der Waals surface area contributed by atoms with Crippen LogP contribution in [0.4, 0.5) is 0 Å². The fourth-order valence-corrected chi connectivity index (χ4v) is 2.03. The van der Waals surface area contributed by atoms with Gasteiger partial charge in [0.15, 0.2) is 0 Å². The monoisotopic (exact) mass is 285 g/mol. The Morgan fingerprint density at radius 3 is 2.67 bits per heavy atom. The Balaban J connectivity index is 2.60. The molecule has 0 fully saturated rings. The van der Waals surface area contributed by atoms with Gasteiger partial charge in [0, 0.05) is 17.4 Å². The number of H-pyrrole nitrogens is 2. The summed E-state index contributed by atoms with van der Waals surface area (Å²) < 4.78 is 0. The molecule has 1 aromatic heterocycles. The zero-order valence-electron chi connectivity index (χ0n) is 9.71. The van der Waals surface area contributed by atoms with E-state index in [-0.39, 0.29) is 5.78 Å². The van der Waals surface area contributed by atoms with Gasteiger partial charge in [0.05, 0.1) is 11.0 Å². The number of halogens is 1. The van der Waals surface area contributed by atoms with Crippen LogP contribution in [-0.2, 0) is 6.54 Å². The number of aromatic amines is 2. The van der Waals surface area contributed by atoms with Crippen LogP contribution < -0.4 is 16.4 Å². The van der Waals surface area contributed by atoms with Gasteiger partial charge >= 0.3 is 11.1 Å². The molecule has 0 aliphatic carbocycles. The first-order chi connectivity index (χ1) is 8.47. The third-order valence-corrected chi connectivity index (χ3v) is 2.95. The lowest BCUT2D eigenvalue weighted by Gasteiger charge is -2.10. The predicted molar refractivity (Wildman–Crippen MR) is 76.2 cm³/mol. The quantitative estimate of drug-likeness (QED) is 0.585. The molecule has 18 heavy (non-hydrogen) atoms. The van der Waals surface area contributed by atoms with Gasteiger partial charge in [0.2, 0.25) is 0 Å². The Kier molecular flexibility index (Phi) is 3.85. The molecule has 2 rings (SSSR count). The summed E-state index contributed by atoms with van der Waals surface area (Å²) >= 11 is 5.98. The van der Waals surface area contributed by atoms with Crippen LogP contribution in [0.1, 0.15) is 12.5 Å². The second kappa shape index (κ2) is 5.22. The van der Waals surface area contributed by atoms with Gasteiger partial charge in [-0.2, -0.15) is 0 Å². The van der Waals surface area contributed by atoms with Crippen molar-refractivity contribution in [3.05, 3.63) is 43.4 Å². The van der Waals surface area contributed by atoms with E-state index < -0.39 is 11.1 Å². The largest absolute Gasteiger partial charge is 0.316 e. The van der Waals surface area contributed by atoms with Gasteiger partial charge in [-0.3, -0.25) is 9.59 Å². The summed E-state index contributed by atoms with van der Waals surface area (Å²) in [6.07, 6.45) is 0. The Bertz CT molecular complexity index is 693.